The minimum atomic E-state index is 0.632. The van der Waals surface area contributed by atoms with E-state index in [1.807, 2.05) is 24.4 Å². The fourth-order valence-corrected chi connectivity index (χ4v) is 9.66. The van der Waals surface area contributed by atoms with Gasteiger partial charge >= 0.3 is 0 Å². The molecule has 0 bridgehead atoms. The molecule has 0 amide bonds. The van der Waals surface area contributed by atoms with E-state index >= 15 is 0 Å². The van der Waals surface area contributed by atoms with Crippen molar-refractivity contribution in [1.29, 1.82) is 0 Å². The van der Waals surface area contributed by atoms with Gasteiger partial charge in [-0.25, -0.2) is 9.97 Å². The molecule has 13 aromatic rings. The SMILES string of the molecule is c1ccc(-c2cc(-c3ccccc3)nc(-n3c4ccccc4c4ccc(-c5ccc6c7ccccc7n(-c7ccc8c(c7)c7ncccc7n8-c7ccccc7)c6c5)cc43)n2)cc1. The minimum absolute atomic E-state index is 0.632. The third-order valence-electron chi connectivity index (χ3n) is 12.5. The highest BCUT2D eigenvalue weighted by atomic mass is 15.2. The Balaban J connectivity index is 1.02. The van der Waals surface area contributed by atoms with E-state index in [2.05, 4.69) is 208 Å². The van der Waals surface area contributed by atoms with Crippen LogP contribution in [0, 0.1) is 0 Å². The highest BCUT2D eigenvalue weighted by molar-refractivity contribution is 6.13. The molecule has 6 nitrogen and oxygen atoms in total. The number of nitrogens with zero attached hydrogens (tertiary/aromatic N) is 6. The van der Waals surface area contributed by atoms with Gasteiger partial charge in [0.15, 0.2) is 0 Å². The second kappa shape index (κ2) is 14.0. The van der Waals surface area contributed by atoms with Gasteiger partial charge in [0.2, 0.25) is 5.95 Å². The number of rotatable bonds is 6. The number of hydrogen-bond acceptors (Lipinski definition) is 3. The van der Waals surface area contributed by atoms with Crippen molar-refractivity contribution in [2.24, 2.45) is 0 Å². The summed E-state index contributed by atoms with van der Waals surface area (Å²) < 4.78 is 6.95. The van der Waals surface area contributed by atoms with E-state index in [0.29, 0.717) is 5.95 Å². The van der Waals surface area contributed by atoms with E-state index in [1.54, 1.807) is 0 Å². The lowest BCUT2D eigenvalue weighted by Crippen LogP contribution is -2.04. The standard InChI is InChI=1S/C57H36N6/c1-4-15-37(16-5-1)48-36-49(38-17-6-2-7-18-38)60-57(59-48)63-51-24-13-11-22-44(51)46-30-27-40(34-55(46)63)39-26-29-45-43-21-10-12-23-50(43)62(54(45)33-39)42-28-31-52-47(35-42)56-53(25-14-32-58-56)61(52)41-19-8-3-9-20-41/h1-36H. The van der Waals surface area contributed by atoms with E-state index in [-0.39, 0.29) is 0 Å². The molecule has 6 heteroatoms. The first kappa shape index (κ1) is 35.2. The Morgan fingerprint density at radius 2 is 0.778 bits per heavy atom. The van der Waals surface area contributed by atoms with Crippen LogP contribution in [0.15, 0.2) is 219 Å². The second-order valence-corrected chi connectivity index (χ2v) is 16.1. The molecule has 0 atom stereocenters. The molecule has 0 saturated carbocycles. The normalized spacial score (nSPS) is 11.8. The highest BCUT2D eigenvalue weighted by Gasteiger charge is 2.20. The second-order valence-electron chi connectivity index (χ2n) is 16.1. The summed E-state index contributed by atoms with van der Waals surface area (Å²) in [5, 5.41) is 5.83. The average Bonchev–Trinajstić information content (AvgIpc) is 3.99. The molecule has 0 aliphatic carbocycles. The molecule has 13 rings (SSSR count). The molecule has 0 radical (unpaired) electrons. The van der Waals surface area contributed by atoms with Crippen LogP contribution in [0.5, 0.6) is 0 Å². The number of aromatic nitrogens is 6. The zero-order chi connectivity index (χ0) is 41.4. The van der Waals surface area contributed by atoms with Crippen molar-refractivity contribution in [1.82, 2.24) is 28.7 Å². The Bertz CT molecular complexity index is 3840. The van der Waals surface area contributed by atoms with Crippen LogP contribution in [-0.2, 0) is 0 Å². The summed E-state index contributed by atoms with van der Waals surface area (Å²) in [5.41, 5.74) is 15.9. The number of hydrogen-bond donors (Lipinski definition) is 0. The fraction of sp³-hybridized carbons (Fsp3) is 0. The maximum Gasteiger partial charge on any atom is 0.235 e. The molecule has 0 spiro atoms. The number of pyridine rings is 1. The monoisotopic (exact) mass is 804 g/mol. The molecule has 294 valence electrons. The highest BCUT2D eigenvalue weighted by Crippen LogP contribution is 2.40. The van der Waals surface area contributed by atoms with Crippen LogP contribution in [-0.4, -0.2) is 28.7 Å². The number of fused-ring (bicyclic) bond motifs is 9. The molecule has 5 aromatic heterocycles. The quantitative estimate of drug-likeness (QED) is 0.168. The first-order valence-electron chi connectivity index (χ1n) is 21.3. The van der Waals surface area contributed by atoms with E-state index in [4.69, 9.17) is 15.0 Å². The van der Waals surface area contributed by atoms with Gasteiger partial charge in [-0.2, -0.15) is 0 Å². The van der Waals surface area contributed by atoms with Crippen LogP contribution >= 0.6 is 0 Å². The van der Waals surface area contributed by atoms with E-state index in [9.17, 15) is 0 Å². The van der Waals surface area contributed by atoms with Crippen molar-refractivity contribution < 1.29 is 0 Å². The van der Waals surface area contributed by atoms with Crippen molar-refractivity contribution in [2.45, 2.75) is 0 Å². The first-order valence-corrected chi connectivity index (χ1v) is 21.3. The van der Waals surface area contributed by atoms with E-state index in [1.165, 1.54) is 10.8 Å². The molecule has 63 heavy (non-hydrogen) atoms. The predicted molar refractivity (Wildman–Crippen MR) is 259 cm³/mol. The molecule has 0 aliphatic rings. The lowest BCUT2D eigenvalue weighted by Gasteiger charge is -2.12. The maximum atomic E-state index is 5.29. The van der Waals surface area contributed by atoms with Crippen LogP contribution in [0.2, 0.25) is 0 Å². The van der Waals surface area contributed by atoms with Gasteiger partial charge < -0.3 is 9.13 Å². The Labute approximate surface area is 362 Å². The Kier molecular flexibility index (Phi) is 7.80. The molecule has 0 fully saturated rings. The van der Waals surface area contributed by atoms with Crippen molar-refractivity contribution in [3.63, 3.8) is 0 Å². The van der Waals surface area contributed by atoms with Crippen molar-refractivity contribution >= 4 is 65.5 Å². The van der Waals surface area contributed by atoms with Crippen LogP contribution in [0.1, 0.15) is 0 Å². The Morgan fingerprint density at radius 1 is 0.286 bits per heavy atom. The van der Waals surface area contributed by atoms with Gasteiger partial charge in [0.25, 0.3) is 0 Å². The fourth-order valence-electron chi connectivity index (χ4n) is 9.66. The zero-order valence-electron chi connectivity index (χ0n) is 34.0. The smallest absolute Gasteiger partial charge is 0.235 e. The molecule has 0 unspecified atom stereocenters. The van der Waals surface area contributed by atoms with Crippen LogP contribution in [0.4, 0.5) is 0 Å². The first-order chi connectivity index (χ1) is 31.2. The Hall–Kier alpha value is -8.61. The maximum absolute atomic E-state index is 5.29. The van der Waals surface area contributed by atoms with Crippen molar-refractivity contribution in [3.8, 4) is 51.0 Å². The van der Waals surface area contributed by atoms with E-state index < -0.39 is 0 Å². The molecular weight excluding hydrogens is 769 g/mol. The van der Waals surface area contributed by atoms with Gasteiger partial charge in [0, 0.05) is 55.6 Å². The van der Waals surface area contributed by atoms with Gasteiger partial charge in [0.1, 0.15) is 0 Å². The lowest BCUT2D eigenvalue weighted by molar-refractivity contribution is 0.996. The van der Waals surface area contributed by atoms with Gasteiger partial charge in [-0.15, -0.1) is 0 Å². The summed E-state index contributed by atoms with van der Waals surface area (Å²) in [6.07, 6.45) is 1.89. The largest absolute Gasteiger partial charge is 0.309 e. The molecule has 8 aromatic carbocycles. The summed E-state index contributed by atoms with van der Waals surface area (Å²) in [6.45, 7) is 0. The average molecular weight is 805 g/mol. The third-order valence-corrected chi connectivity index (χ3v) is 12.5. The topological polar surface area (TPSA) is 53.5 Å². The van der Waals surface area contributed by atoms with Gasteiger partial charge in [-0.3, -0.25) is 9.55 Å². The summed E-state index contributed by atoms with van der Waals surface area (Å²) in [7, 11) is 0. The summed E-state index contributed by atoms with van der Waals surface area (Å²) in [5.74, 6) is 0.632. The molecule has 0 saturated heterocycles. The molecule has 0 N–H and O–H groups in total. The van der Waals surface area contributed by atoms with Gasteiger partial charge in [0.05, 0.1) is 50.0 Å². The molecular formula is C57H36N6. The summed E-state index contributed by atoms with van der Waals surface area (Å²) >= 11 is 0. The van der Waals surface area contributed by atoms with E-state index in [0.717, 1.165) is 99.8 Å². The third kappa shape index (κ3) is 5.55. The van der Waals surface area contributed by atoms with Crippen molar-refractivity contribution in [3.05, 3.63) is 219 Å². The zero-order valence-corrected chi connectivity index (χ0v) is 34.0. The van der Waals surface area contributed by atoms with Crippen LogP contribution in [0.3, 0.4) is 0 Å². The van der Waals surface area contributed by atoms with Crippen LogP contribution in [0.25, 0.3) is 117 Å². The number of benzene rings is 8. The van der Waals surface area contributed by atoms with Crippen LogP contribution < -0.4 is 0 Å². The molecule has 0 aliphatic heterocycles. The predicted octanol–water partition coefficient (Wildman–Crippen LogP) is 14.2. The van der Waals surface area contributed by atoms with Crippen molar-refractivity contribution in [2.75, 3.05) is 0 Å². The lowest BCUT2D eigenvalue weighted by atomic mass is 10.0. The summed E-state index contributed by atoms with van der Waals surface area (Å²) in [4.78, 5) is 15.5. The minimum Gasteiger partial charge on any atom is -0.309 e. The number of para-hydroxylation sites is 3. The summed E-state index contributed by atoms with van der Waals surface area (Å²) in [6, 6.07) is 75.3. The molecule has 5 heterocycles. The Morgan fingerprint density at radius 3 is 1.41 bits per heavy atom. The van der Waals surface area contributed by atoms with Gasteiger partial charge in [-0.1, -0.05) is 140 Å². The van der Waals surface area contributed by atoms with Gasteiger partial charge in [-0.05, 0) is 83.9 Å².